The Labute approximate surface area is 189 Å². The molecule has 0 aliphatic carbocycles. The summed E-state index contributed by atoms with van der Waals surface area (Å²) in [5, 5.41) is 7.45. The van der Waals surface area contributed by atoms with Crippen LogP contribution >= 0.6 is 11.6 Å². The summed E-state index contributed by atoms with van der Waals surface area (Å²) >= 11 is 5.99. The molecular weight excluding hydrogens is 464 g/mol. The number of alkyl halides is 2. The summed E-state index contributed by atoms with van der Waals surface area (Å²) in [5.74, 6) is 0.0629. The fraction of sp³-hybridized carbons (Fsp3) is 0.300. The van der Waals surface area contributed by atoms with E-state index < -0.39 is 23.1 Å². The van der Waals surface area contributed by atoms with E-state index >= 15 is 0 Å². The predicted molar refractivity (Wildman–Crippen MR) is 115 cm³/mol. The number of halogens is 3. The predicted octanol–water partition coefficient (Wildman–Crippen LogP) is 3.91. The lowest BCUT2D eigenvalue weighted by molar-refractivity contribution is 0.116. The van der Waals surface area contributed by atoms with Crippen LogP contribution in [-0.2, 0) is 17.3 Å². The van der Waals surface area contributed by atoms with E-state index in [-0.39, 0.29) is 18.5 Å². The van der Waals surface area contributed by atoms with Gasteiger partial charge in [-0.1, -0.05) is 11.6 Å². The number of pyridine rings is 1. The molecule has 32 heavy (non-hydrogen) atoms. The van der Waals surface area contributed by atoms with Gasteiger partial charge in [0.25, 0.3) is 5.89 Å². The molecule has 0 unspecified atom stereocenters. The molecule has 0 spiro atoms. The van der Waals surface area contributed by atoms with Gasteiger partial charge in [-0.2, -0.15) is 8.78 Å². The highest BCUT2D eigenvalue weighted by atomic mass is 35.5. The standard InChI is InChI=1S/C20H18ClF2N5O3S/c21-14-2-5-16(6-3-14)28(20(29)27-7-9-32(30)10-8-27)12-15-4-1-13(11-24-15)18-25-26-19(31-18)17(22)23/h1-6,11,17H,7-10,12H2. The van der Waals surface area contributed by atoms with Gasteiger partial charge in [-0.3, -0.25) is 14.1 Å². The highest BCUT2D eigenvalue weighted by Gasteiger charge is 2.26. The molecule has 0 bridgehead atoms. The van der Waals surface area contributed by atoms with E-state index in [4.69, 9.17) is 16.0 Å². The van der Waals surface area contributed by atoms with Crippen LogP contribution in [0.15, 0.2) is 47.0 Å². The van der Waals surface area contributed by atoms with Gasteiger partial charge in [0.1, 0.15) is 0 Å². The third kappa shape index (κ3) is 5.10. The van der Waals surface area contributed by atoms with Crippen LogP contribution < -0.4 is 4.90 Å². The van der Waals surface area contributed by atoms with E-state index in [9.17, 15) is 17.8 Å². The van der Waals surface area contributed by atoms with Crippen molar-refractivity contribution in [3.63, 3.8) is 0 Å². The maximum atomic E-state index is 13.2. The quantitative estimate of drug-likeness (QED) is 0.548. The highest BCUT2D eigenvalue weighted by molar-refractivity contribution is 7.85. The van der Waals surface area contributed by atoms with Gasteiger partial charge < -0.3 is 9.32 Å². The van der Waals surface area contributed by atoms with Crippen molar-refractivity contribution in [1.29, 1.82) is 0 Å². The fourth-order valence-corrected chi connectivity index (χ4v) is 4.31. The second kappa shape index (κ2) is 9.70. The van der Waals surface area contributed by atoms with Crippen molar-refractivity contribution in [1.82, 2.24) is 20.1 Å². The fourth-order valence-electron chi connectivity index (χ4n) is 3.14. The molecule has 0 atom stereocenters. The Bertz CT molecular complexity index is 1100. The second-order valence-corrected chi connectivity index (χ2v) is 9.10. The van der Waals surface area contributed by atoms with Gasteiger partial charge in [-0.05, 0) is 36.4 Å². The molecule has 1 aromatic carbocycles. The summed E-state index contributed by atoms with van der Waals surface area (Å²) in [6.07, 6.45) is -1.43. The van der Waals surface area contributed by atoms with Gasteiger partial charge in [0.05, 0.1) is 17.8 Å². The molecule has 1 aliphatic heterocycles. The molecule has 1 aliphatic rings. The molecular formula is C20H18ClF2N5O3S. The first-order chi connectivity index (χ1) is 15.4. The van der Waals surface area contributed by atoms with Crippen molar-refractivity contribution >= 4 is 34.1 Å². The summed E-state index contributed by atoms with van der Waals surface area (Å²) in [5.41, 5.74) is 1.58. The van der Waals surface area contributed by atoms with Crippen molar-refractivity contribution in [3.8, 4) is 11.5 Å². The molecule has 2 aromatic heterocycles. The number of hydrogen-bond acceptors (Lipinski definition) is 6. The van der Waals surface area contributed by atoms with Crippen molar-refractivity contribution < 1.29 is 22.2 Å². The number of aromatic nitrogens is 3. The molecule has 8 nitrogen and oxygen atoms in total. The monoisotopic (exact) mass is 481 g/mol. The van der Waals surface area contributed by atoms with Crippen LogP contribution in [0.1, 0.15) is 18.0 Å². The molecule has 3 aromatic rings. The van der Waals surface area contributed by atoms with Crippen LogP contribution in [0.3, 0.4) is 0 Å². The maximum absolute atomic E-state index is 13.2. The second-order valence-electron chi connectivity index (χ2n) is 6.96. The Morgan fingerprint density at radius 2 is 1.88 bits per heavy atom. The zero-order valence-electron chi connectivity index (χ0n) is 16.7. The smallest absolute Gasteiger partial charge is 0.324 e. The van der Waals surface area contributed by atoms with Gasteiger partial charge >= 0.3 is 12.5 Å². The molecule has 2 amide bonds. The number of rotatable bonds is 5. The van der Waals surface area contributed by atoms with E-state index in [1.165, 1.54) is 6.20 Å². The third-order valence-electron chi connectivity index (χ3n) is 4.84. The van der Waals surface area contributed by atoms with Crippen LogP contribution in [-0.4, -0.2) is 54.9 Å². The number of carbonyl (C=O) groups is 1. The number of hydrogen-bond donors (Lipinski definition) is 0. The number of nitrogens with zero attached hydrogens (tertiary/aromatic N) is 5. The van der Waals surface area contributed by atoms with Gasteiger partial charge in [0.15, 0.2) is 0 Å². The van der Waals surface area contributed by atoms with Crippen LogP contribution in [0.4, 0.5) is 19.3 Å². The van der Waals surface area contributed by atoms with E-state index in [2.05, 4.69) is 15.2 Å². The van der Waals surface area contributed by atoms with E-state index in [1.54, 1.807) is 46.2 Å². The summed E-state index contributed by atoms with van der Waals surface area (Å²) in [6, 6.07) is 9.89. The first kappa shape index (κ1) is 22.3. The average molecular weight is 482 g/mol. The first-order valence-electron chi connectivity index (χ1n) is 9.64. The highest BCUT2D eigenvalue weighted by Crippen LogP contribution is 2.25. The molecule has 0 radical (unpaired) electrons. The number of amides is 2. The normalized spacial score (nSPS) is 14.7. The minimum absolute atomic E-state index is 0.0636. The van der Waals surface area contributed by atoms with E-state index in [0.717, 1.165) is 0 Å². The minimum Gasteiger partial charge on any atom is -0.415 e. The minimum atomic E-state index is -2.85. The largest absolute Gasteiger partial charge is 0.415 e. The van der Waals surface area contributed by atoms with Crippen molar-refractivity contribution in [2.75, 3.05) is 29.5 Å². The summed E-state index contributed by atoms with van der Waals surface area (Å²) in [6.45, 7) is 0.976. The SMILES string of the molecule is O=C(N1CCS(=O)CC1)N(Cc1ccc(-c2nnc(C(F)F)o2)cn1)c1ccc(Cl)cc1. The summed E-state index contributed by atoms with van der Waals surface area (Å²) in [4.78, 5) is 20.8. The molecule has 4 rings (SSSR count). The van der Waals surface area contributed by atoms with Crippen LogP contribution in [0.5, 0.6) is 0 Å². The number of carbonyl (C=O) groups excluding carboxylic acids is 1. The van der Waals surface area contributed by atoms with E-state index in [0.29, 0.717) is 46.6 Å². The lowest BCUT2D eigenvalue weighted by atomic mass is 10.2. The van der Waals surface area contributed by atoms with Crippen LogP contribution in [0.2, 0.25) is 5.02 Å². The number of urea groups is 1. The molecule has 12 heteroatoms. The Morgan fingerprint density at radius 3 is 2.47 bits per heavy atom. The number of benzene rings is 1. The zero-order valence-corrected chi connectivity index (χ0v) is 18.2. The lowest BCUT2D eigenvalue weighted by Crippen LogP contribution is -2.48. The van der Waals surface area contributed by atoms with Crippen LogP contribution in [0, 0.1) is 0 Å². The third-order valence-corrected chi connectivity index (χ3v) is 6.36. The summed E-state index contributed by atoms with van der Waals surface area (Å²) < 4.78 is 41.9. The Balaban J connectivity index is 1.55. The Morgan fingerprint density at radius 1 is 1.16 bits per heavy atom. The molecule has 168 valence electrons. The first-order valence-corrected chi connectivity index (χ1v) is 11.5. The van der Waals surface area contributed by atoms with Gasteiger partial charge in [0, 0.05) is 52.3 Å². The molecule has 3 heterocycles. The molecule has 0 saturated carbocycles. The van der Waals surface area contributed by atoms with Crippen molar-refractivity contribution in [2.24, 2.45) is 0 Å². The zero-order chi connectivity index (χ0) is 22.7. The Kier molecular flexibility index (Phi) is 6.75. The lowest BCUT2D eigenvalue weighted by Gasteiger charge is -2.32. The Hall–Kier alpha value is -2.92. The van der Waals surface area contributed by atoms with Crippen molar-refractivity contribution in [3.05, 3.63) is 59.2 Å². The molecule has 1 saturated heterocycles. The molecule has 1 fully saturated rings. The summed E-state index contributed by atoms with van der Waals surface area (Å²) in [7, 11) is -0.907. The van der Waals surface area contributed by atoms with Crippen molar-refractivity contribution in [2.45, 2.75) is 13.0 Å². The van der Waals surface area contributed by atoms with Gasteiger partial charge in [-0.25, -0.2) is 4.79 Å². The topological polar surface area (TPSA) is 92.4 Å². The maximum Gasteiger partial charge on any atom is 0.324 e. The average Bonchev–Trinajstić information content (AvgIpc) is 3.29. The van der Waals surface area contributed by atoms with Gasteiger partial charge in [0.2, 0.25) is 5.89 Å². The van der Waals surface area contributed by atoms with Gasteiger partial charge in [-0.15, -0.1) is 10.2 Å². The molecule has 0 N–H and O–H groups in total. The number of anilines is 1. The van der Waals surface area contributed by atoms with E-state index in [1.807, 2.05) is 0 Å². The van der Waals surface area contributed by atoms with Crippen LogP contribution in [0.25, 0.3) is 11.5 Å².